The Labute approximate surface area is 132 Å². The quantitative estimate of drug-likeness (QED) is 0.760. The second-order valence-corrected chi connectivity index (χ2v) is 5.76. The van der Waals surface area contributed by atoms with Crippen molar-refractivity contribution in [3.05, 3.63) is 56.0 Å². The molecule has 0 saturated carbocycles. The van der Waals surface area contributed by atoms with E-state index in [9.17, 15) is 0 Å². The molecule has 0 atom stereocenters. The van der Waals surface area contributed by atoms with Crippen molar-refractivity contribution < 1.29 is 0 Å². The zero-order valence-corrected chi connectivity index (χ0v) is 13.1. The first kappa shape index (κ1) is 15.0. The van der Waals surface area contributed by atoms with Gasteiger partial charge >= 0.3 is 0 Å². The van der Waals surface area contributed by atoms with Crippen LogP contribution in [0.2, 0.25) is 20.1 Å². The maximum Gasteiger partial charge on any atom is 0.0514 e. The van der Waals surface area contributed by atoms with E-state index < -0.39 is 0 Å². The van der Waals surface area contributed by atoms with E-state index in [4.69, 9.17) is 46.4 Å². The van der Waals surface area contributed by atoms with E-state index in [1.54, 1.807) is 12.1 Å². The number of halogens is 4. The van der Waals surface area contributed by atoms with Gasteiger partial charge in [-0.1, -0.05) is 52.5 Å². The molecule has 0 fully saturated rings. The summed E-state index contributed by atoms with van der Waals surface area (Å²) in [7, 11) is 1.87. The predicted molar refractivity (Wildman–Crippen MR) is 84.7 cm³/mol. The standard InChI is InChI=1S/C14H11Cl4N/c1-19-7-8-4-9(15)2-3-11(8)14-12(17)5-10(16)6-13(14)18/h2-6,19H,7H2,1H3. The van der Waals surface area contributed by atoms with Crippen molar-refractivity contribution in [1.29, 1.82) is 0 Å². The zero-order valence-electron chi connectivity index (χ0n) is 10.1. The number of benzene rings is 2. The summed E-state index contributed by atoms with van der Waals surface area (Å²) in [6.07, 6.45) is 0. The van der Waals surface area contributed by atoms with Gasteiger partial charge in [0.1, 0.15) is 0 Å². The molecule has 0 aromatic heterocycles. The number of rotatable bonds is 3. The van der Waals surface area contributed by atoms with E-state index in [0.717, 1.165) is 16.7 Å². The molecule has 0 unspecified atom stereocenters. The molecule has 0 spiro atoms. The molecule has 0 amide bonds. The van der Waals surface area contributed by atoms with Crippen LogP contribution < -0.4 is 5.32 Å². The third kappa shape index (κ3) is 3.36. The van der Waals surface area contributed by atoms with E-state index in [1.165, 1.54) is 0 Å². The maximum atomic E-state index is 6.26. The number of hydrogen-bond donors (Lipinski definition) is 1. The summed E-state index contributed by atoms with van der Waals surface area (Å²) in [5.41, 5.74) is 2.75. The maximum absolute atomic E-state index is 6.26. The highest BCUT2D eigenvalue weighted by Crippen LogP contribution is 2.39. The first-order chi connectivity index (χ1) is 9.02. The molecule has 5 heteroatoms. The van der Waals surface area contributed by atoms with E-state index in [1.807, 2.05) is 25.2 Å². The fourth-order valence-corrected chi connectivity index (χ4v) is 3.16. The average molecular weight is 335 g/mol. The van der Waals surface area contributed by atoms with Gasteiger partial charge in [-0.05, 0) is 42.4 Å². The molecule has 0 aliphatic carbocycles. The summed E-state index contributed by atoms with van der Waals surface area (Å²) in [4.78, 5) is 0. The van der Waals surface area contributed by atoms with Crippen molar-refractivity contribution in [1.82, 2.24) is 5.32 Å². The second kappa shape index (κ2) is 6.34. The highest BCUT2D eigenvalue weighted by atomic mass is 35.5. The van der Waals surface area contributed by atoms with E-state index in [0.29, 0.717) is 26.6 Å². The van der Waals surface area contributed by atoms with Crippen molar-refractivity contribution in [2.45, 2.75) is 6.54 Å². The monoisotopic (exact) mass is 333 g/mol. The summed E-state index contributed by atoms with van der Waals surface area (Å²) in [5, 5.41) is 5.34. The van der Waals surface area contributed by atoms with Gasteiger partial charge < -0.3 is 5.32 Å². The highest BCUT2D eigenvalue weighted by Gasteiger charge is 2.14. The molecule has 100 valence electrons. The van der Waals surface area contributed by atoms with Crippen LogP contribution in [-0.2, 0) is 6.54 Å². The summed E-state index contributed by atoms with van der Waals surface area (Å²) in [5.74, 6) is 0. The lowest BCUT2D eigenvalue weighted by atomic mass is 9.99. The molecule has 2 aromatic carbocycles. The lowest BCUT2D eigenvalue weighted by Crippen LogP contribution is -2.06. The van der Waals surface area contributed by atoms with Crippen LogP contribution in [-0.4, -0.2) is 7.05 Å². The minimum atomic E-state index is 0.517. The molecule has 0 heterocycles. The Bertz CT molecular complexity index is 587. The molecule has 0 radical (unpaired) electrons. The molecular formula is C14H11Cl4N. The van der Waals surface area contributed by atoms with Gasteiger partial charge in [0.05, 0.1) is 10.0 Å². The van der Waals surface area contributed by atoms with Gasteiger partial charge in [0.15, 0.2) is 0 Å². The zero-order chi connectivity index (χ0) is 14.0. The van der Waals surface area contributed by atoms with Crippen LogP contribution in [0.15, 0.2) is 30.3 Å². The highest BCUT2D eigenvalue weighted by molar-refractivity contribution is 6.42. The Kier molecular flexibility index (Phi) is 4.99. The van der Waals surface area contributed by atoms with Crippen LogP contribution in [0.4, 0.5) is 0 Å². The Morgan fingerprint density at radius 2 is 1.53 bits per heavy atom. The van der Waals surface area contributed by atoms with Crippen LogP contribution in [0.25, 0.3) is 11.1 Å². The third-order valence-electron chi connectivity index (χ3n) is 2.71. The third-order valence-corrected chi connectivity index (χ3v) is 3.76. The van der Waals surface area contributed by atoms with Crippen molar-refractivity contribution >= 4 is 46.4 Å². The first-order valence-electron chi connectivity index (χ1n) is 5.61. The Balaban J connectivity index is 2.65. The van der Waals surface area contributed by atoms with Crippen molar-refractivity contribution in [3.8, 4) is 11.1 Å². The summed E-state index contributed by atoms with van der Waals surface area (Å²) in [6.45, 7) is 0.672. The predicted octanol–water partition coefficient (Wildman–Crippen LogP) is 5.69. The van der Waals surface area contributed by atoms with Crippen LogP contribution in [0, 0.1) is 0 Å². The van der Waals surface area contributed by atoms with E-state index >= 15 is 0 Å². The minimum absolute atomic E-state index is 0.517. The number of nitrogens with one attached hydrogen (secondary N) is 1. The molecule has 0 aliphatic rings. The lowest BCUT2D eigenvalue weighted by molar-refractivity contribution is 0.819. The Hall–Kier alpha value is -0.440. The SMILES string of the molecule is CNCc1cc(Cl)ccc1-c1c(Cl)cc(Cl)cc1Cl. The molecule has 0 saturated heterocycles. The molecule has 2 rings (SSSR count). The van der Waals surface area contributed by atoms with Crippen LogP contribution in [0.5, 0.6) is 0 Å². The molecule has 0 aliphatic heterocycles. The fraction of sp³-hybridized carbons (Fsp3) is 0.143. The largest absolute Gasteiger partial charge is 0.316 e. The van der Waals surface area contributed by atoms with Crippen LogP contribution in [0.1, 0.15) is 5.56 Å². The van der Waals surface area contributed by atoms with Crippen LogP contribution >= 0.6 is 46.4 Å². The van der Waals surface area contributed by atoms with Crippen molar-refractivity contribution in [3.63, 3.8) is 0 Å². The van der Waals surface area contributed by atoms with Crippen molar-refractivity contribution in [2.75, 3.05) is 7.05 Å². The minimum Gasteiger partial charge on any atom is -0.316 e. The topological polar surface area (TPSA) is 12.0 Å². The second-order valence-electron chi connectivity index (χ2n) is 4.08. The van der Waals surface area contributed by atoms with Crippen LogP contribution in [0.3, 0.4) is 0 Å². The summed E-state index contributed by atoms with van der Waals surface area (Å²) < 4.78 is 0. The fourth-order valence-electron chi connectivity index (χ4n) is 1.94. The molecular weight excluding hydrogens is 324 g/mol. The van der Waals surface area contributed by atoms with Gasteiger partial charge in [-0.3, -0.25) is 0 Å². The van der Waals surface area contributed by atoms with Crippen molar-refractivity contribution in [2.24, 2.45) is 0 Å². The van der Waals surface area contributed by atoms with Gasteiger partial charge in [-0.25, -0.2) is 0 Å². The average Bonchev–Trinajstić information content (AvgIpc) is 2.31. The van der Waals surface area contributed by atoms with Gasteiger partial charge in [0.25, 0.3) is 0 Å². The molecule has 2 aromatic rings. The van der Waals surface area contributed by atoms with E-state index in [2.05, 4.69) is 5.32 Å². The molecule has 19 heavy (non-hydrogen) atoms. The summed E-state index contributed by atoms with van der Waals surface area (Å²) in [6, 6.07) is 8.99. The molecule has 1 N–H and O–H groups in total. The summed E-state index contributed by atoms with van der Waals surface area (Å²) >= 11 is 24.5. The Morgan fingerprint density at radius 3 is 2.11 bits per heavy atom. The number of hydrogen-bond acceptors (Lipinski definition) is 1. The Morgan fingerprint density at radius 1 is 0.895 bits per heavy atom. The van der Waals surface area contributed by atoms with Gasteiger partial charge in [-0.15, -0.1) is 0 Å². The van der Waals surface area contributed by atoms with Gasteiger partial charge in [0.2, 0.25) is 0 Å². The molecule has 1 nitrogen and oxygen atoms in total. The first-order valence-corrected chi connectivity index (χ1v) is 7.12. The smallest absolute Gasteiger partial charge is 0.0514 e. The normalized spacial score (nSPS) is 10.8. The van der Waals surface area contributed by atoms with Gasteiger partial charge in [0, 0.05) is 22.2 Å². The van der Waals surface area contributed by atoms with E-state index in [-0.39, 0.29) is 0 Å². The lowest BCUT2D eigenvalue weighted by Gasteiger charge is -2.13. The van der Waals surface area contributed by atoms with Gasteiger partial charge in [-0.2, -0.15) is 0 Å². The molecule has 0 bridgehead atoms.